The minimum Gasteiger partial charge on any atom is -0.330 e. The Morgan fingerprint density at radius 1 is 1.32 bits per heavy atom. The molecule has 2 N–H and O–H groups in total. The van der Waals surface area contributed by atoms with E-state index in [4.69, 9.17) is 5.73 Å². The zero-order valence-electron chi connectivity index (χ0n) is 12.1. The van der Waals surface area contributed by atoms with Crippen molar-refractivity contribution in [3.05, 3.63) is 0 Å². The van der Waals surface area contributed by atoms with Crippen LogP contribution in [0.4, 0.5) is 0 Å². The maximum atomic E-state index is 12.0. The van der Waals surface area contributed by atoms with Crippen LogP contribution in [0.2, 0.25) is 0 Å². The number of hydrogen-bond donors (Lipinski definition) is 1. The number of rotatable bonds is 9. The topological polar surface area (TPSA) is 63.4 Å². The van der Waals surface area contributed by atoms with Gasteiger partial charge >= 0.3 is 0 Å². The van der Waals surface area contributed by atoms with Crippen LogP contribution in [0.5, 0.6) is 0 Å². The molecule has 1 saturated heterocycles. The van der Waals surface area contributed by atoms with Gasteiger partial charge in [-0.15, -0.1) is 11.8 Å². The summed E-state index contributed by atoms with van der Waals surface area (Å²) < 4.78 is 0. The van der Waals surface area contributed by atoms with Crippen molar-refractivity contribution in [3.8, 4) is 0 Å². The van der Waals surface area contributed by atoms with Crippen molar-refractivity contribution in [2.45, 2.75) is 51.2 Å². The minimum absolute atomic E-state index is 0.00712. The highest BCUT2D eigenvalue weighted by molar-refractivity contribution is 8.00. The van der Waals surface area contributed by atoms with Crippen molar-refractivity contribution in [2.24, 2.45) is 11.7 Å². The quantitative estimate of drug-likeness (QED) is 0.520. The summed E-state index contributed by atoms with van der Waals surface area (Å²) in [6.07, 6.45) is 4.78. The molecule has 4 nitrogen and oxygen atoms in total. The average molecular weight is 286 g/mol. The fourth-order valence-corrected chi connectivity index (χ4v) is 3.18. The molecular weight excluding hydrogens is 260 g/mol. The molecule has 2 amide bonds. The maximum Gasteiger partial charge on any atom is 0.242 e. The van der Waals surface area contributed by atoms with E-state index < -0.39 is 0 Å². The predicted molar refractivity (Wildman–Crippen MR) is 79.9 cm³/mol. The number of amides is 2. The smallest absolute Gasteiger partial charge is 0.242 e. The molecule has 0 aliphatic carbocycles. The Hall–Kier alpha value is -0.550. The molecule has 1 atom stereocenters. The van der Waals surface area contributed by atoms with Crippen LogP contribution in [0.25, 0.3) is 0 Å². The van der Waals surface area contributed by atoms with E-state index in [9.17, 15) is 9.59 Å². The standard InChI is InChI=1S/C14H26N2O2S/c1-11(2)6-4-3-5-8-16-13(17)10-12(14(16)18)19-9-7-15/h11-12H,3-10,15H2,1-2H3. The van der Waals surface area contributed by atoms with Crippen molar-refractivity contribution >= 4 is 23.6 Å². The van der Waals surface area contributed by atoms with Crippen LogP contribution in [0.3, 0.4) is 0 Å². The average Bonchev–Trinajstić information content (AvgIpc) is 2.62. The zero-order chi connectivity index (χ0) is 14.3. The Bertz CT molecular complexity index is 308. The Balaban J connectivity index is 2.26. The number of carbonyl (C=O) groups is 2. The van der Waals surface area contributed by atoms with E-state index in [2.05, 4.69) is 13.8 Å². The van der Waals surface area contributed by atoms with Crippen LogP contribution in [0, 0.1) is 5.92 Å². The van der Waals surface area contributed by atoms with Crippen LogP contribution in [0.1, 0.15) is 46.0 Å². The van der Waals surface area contributed by atoms with Gasteiger partial charge in [0.25, 0.3) is 0 Å². The Labute approximate surface area is 120 Å². The SMILES string of the molecule is CC(C)CCCCCN1C(=O)CC(SCCN)C1=O. The summed E-state index contributed by atoms with van der Waals surface area (Å²) in [6.45, 7) is 5.58. The van der Waals surface area contributed by atoms with Gasteiger partial charge in [-0.05, 0) is 12.3 Å². The molecule has 0 aromatic carbocycles. The molecule has 1 aliphatic heterocycles. The molecule has 0 spiro atoms. The van der Waals surface area contributed by atoms with Crippen LogP contribution < -0.4 is 5.73 Å². The molecule has 110 valence electrons. The summed E-state index contributed by atoms with van der Waals surface area (Å²) in [5, 5.41) is -0.188. The van der Waals surface area contributed by atoms with Gasteiger partial charge in [-0.25, -0.2) is 0 Å². The molecule has 1 aliphatic rings. The Morgan fingerprint density at radius 2 is 2.05 bits per heavy atom. The second-order valence-electron chi connectivity index (χ2n) is 5.48. The summed E-state index contributed by atoms with van der Waals surface area (Å²) in [7, 11) is 0. The molecule has 0 bridgehead atoms. The van der Waals surface area contributed by atoms with Crippen LogP contribution in [-0.4, -0.2) is 40.8 Å². The molecule has 1 heterocycles. The number of hydrogen-bond acceptors (Lipinski definition) is 4. The number of likely N-dealkylation sites (tertiary alicyclic amines) is 1. The second kappa shape index (κ2) is 8.59. The first-order chi connectivity index (χ1) is 9.06. The fraction of sp³-hybridized carbons (Fsp3) is 0.857. The molecule has 5 heteroatoms. The maximum absolute atomic E-state index is 12.0. The highest BCUT2D eigenvalue weighted by Crippen LogP contribution is 2.25. The highest BCUT2D eigenvalue weighted by atomic mass is 32.2. The summed E-state index contributed by atoms with van der Waals surface area (Å²) in [5.41, 5.74) is 5.43. The van der Waals surface area contributed by atoms with Crippen molar-refractivity contribution < 1.29 is 9.59 Å². The van der Waals surface area contributed by atoms with Gasteiger partial charge in [-0.2, -0.15) is 0 Å². The van der Waals surface area contributed by atoms with Crippen LogP contribution >= 0.6 is 11.8 Å². The van der Waals surface area contributed by atoms with E-state index >= 15 is 0 Å². The lowest BCUT2D eigenvalue weighted by atomic mass is 10.1. The third-order valence-electron chi connectivity index (χ3n) is 3.30. The minimum atomic E-state index is -0.188. The zero-order valence-corrected chi connectivity index (χ0v) is 12.9. The number of thioether (sulfide) groups is 1. The van der Waals surface area contributed by atoms with Gasteiger partial charge < -0.3 is 5.73 Å². The van der Waals surface area contributed by atoms with Crippen molar-refractivity contribution in [1.29, 1.82) is 0 Å². The first-order valence-electron chi connectivity index (χ1n) is 7.22. The van der Waals surface area contributed by atoms with E-state index in [0.717, 1.165) is 24.5 Å². The second-order valence-corrected chi connectivity index (χ2v) is 6.79. The van der Waals surface area contributed by atoms with Gasteiger partial charge in [0.1, 0.15) is 0 Å². The lowest BCUT2D eigenvalue weighted by molar-refractivity contribution is -0.138. The fourth-order valence-electron chi connectivity index (χ4n) is 2.23. The lowest BCUT2D eigenvalue weighted by Gasteiger charge is -2.14. The normalized spacial score (nSPS) is 19.8. The van der Waals surface area contributed by atoms with Gasteiger partial charge in [-0.1, -0.05) is 33.1 Å². The van der Waals surface area contributed by atoms with Crippen LogP contribution in [0.15, 0.2) is 0 Å². The number of unbranched alkanes of at least 4 members (excludes halogenated alkanes) is 2. The van der Waals surface area contributed by atoms with Gasteiger partial charge in [0, 0.05) is 25.3 Å². The lowest BCUT2D eigenvalue weighted by Crippen LogP contribution is -2.32. The number of imide groups is 1. The van der Waals surface area contributed by atoms with Gasteiger partial charge in [-0.3, -0.25) is 14.5 Å². The first kappa shape index (κ1) is 16.5. The highest BCUT2D eigenvalue weighted by Gasteiger charge is 2.37. The summed E-state index contributed by atoms with van der Waals surface area (Å²) in [4.78, 5) is 25.3. The summed E-state index contributed by atoms with van der Waals surface area (Å²) >= 11 is 1.51. The predicted octanol–water partition coefficient (Wildman–Crippen LogP) is 2.02. The number of nitrogens with two attached hydrogens (primary N) is 1. The molecular formula is C14H26N2O2S. The molecule has 19 heavy (non-hydrogen) atoms. The van der Waals surface area contributed by atoms with Crippen molar-refractivity contribution in [1.82, 2.24) is 4.90 Å². The van der Waals surface area contributed by atoms with E-state index in [1.807, 2.05) is 0 Å². The van der Waals surface area contributed by atoms with E-state index in [-0.39, 0.29) is 17.1 Å². The number of carbonyl (C=O) groups excluding carboxylic acids is 2. The summed E-state index contributed by atoms with van der Waals surface area (Å²) in [5.74, 6) is 1.45. The largest absolute Gasteiger partial charge is 0.330 e. The van der Waals surface area contributed by atoms with E-state index in [1.54, 1.807) is 0 Å². The number of nitrogens with zero attached hydrogens (tertiary/aromatic N) is 1. The Kier molecular flexibility index (Phi) is 7.46. The van der Waals surface area contributed by atoms with E-state index in [0.29, 0.717) is 19.5 Å². The molecule has 1 unspecified atom stereocenters. The Morgan fingerprint density at radius 3 is 2.68 bits per heavy atom. The molecule has 0 aromatic rings. The van der Waals surface area contributed by atoms with Gasteiger partial charge in [0.15, 0.2) is 0 Å². The molecule has 0 radical (unpaired) electrons. The summed E-state index contributed by atoms with van der Waals surface area (Å²) in [6, 6.07) is 0. The first-order valence-corrected chi connectivity index (χ1v) is 8.27. The third kappa shape index (κ3) is 5.53. The monoisotopic (exact) mass is 286 g/mol. The third-order valence-corrected chi connectivity index (χ3v) is 4.54. The molecule has 0 aromatic heterocycles. The molecule has 0 saturated carbocycles. The molecule has 1 rings (SSSR count). The molecule has 1 fully saturated rings. The van der Waals surface area contributed by atoms with Crippen molar-refractivity contribution in [2.75, 3.05) is 18.8 Å². The van der Waals surface area contributed by atoms with Gasteiger partial charge in [0.2, 0.25) is 11.8 Å². The van der Waals surface area contributed by atoms with Gasteiger partial charge in [0.05, 0.1) is 5.25 Å². The van der Waals surface area contributed by atoms with E-state index in [1.165, 1.54) is 29.5 Å². The van der Waals surface area contributed by atoms with Crippen molar-refractivity contribution in [3.63, 3.8) is 0 Å². The van der Waals surface area contributed by atoms with Crippen LogP contribution in [-0.2, 0) is 9.59 Å².